The fraction of sp³-hybridized carbons (Fsp3) is 0.0455. The van der Waals surface area contributed by atoms with E-state index >= 15 is 0 Å². The van der Waals surface area contributed by atoms with Crippen molar-refractivity contribution in [2.75, 3.05) is 12.4 Å². The first kappa shape index (κ1) is 18.4. The Morgan fingerprint density at radius 3 is 2.59 bits per heavy atom. The van der Waals surface area contributed by atoms with E-state index in [9.17, 15) is 14.0 Å². The number of hydrogen-bond acceptors (Lipinski definition) is 4. The summed E-state index contributed by atoms with van der Waals surface area (Å²) in [5.74, 6) is -0.496. The molecule has 0 saturated heterocycles. The number of ether oxygens (including phenoxy) is 1. The van der Waals surface area contributed by atoms with Crippen molar-refractivity contribution in [3.05, 3.63) is 94.7 Å². The number of hydrogen-bond donors (Lipinski definition) is 1. The van der Waals surface area contributed by atoms with Gasteiger partial charge in [0.1, 0.15) is 22.8 Å². The third-order valence-electron chi connectivity index (χ3n) is 4.47. The van der Waals surface area contributed by atoms with E-state index in [1.54, 1.807) is 59.3 Å². The molecule has 4 rings (SSSR count). The number of carbonyl (C=O) groups is 1. The lowest BCUT2D eigenvalue weighted by Gasteiger charge is -2.14. The van der Waals surface area contributed by atoms with Gasteiger partial charge in [-0.1, -0.05) is 12.1 Å². The number of halogens is 1. The average molecular weight is 389 g/mol. The third-order valence-corrected chi connectivity index (χ3v) is 4.47. The number of nitrogens with zero attached hydrogens (tertiary/aromatic N) is 2. The molecule has 0 fully saturated rings. The predicted octanol–water partition coefficient (Wildman–Crippen LogP) is 3.79. The molecule has 144 valence electrons. The van der Waals surface area contributed by atoms with E-state index in [-0.39, 0.29) is 16.8 Å². The van der Waals surface area contributed by atoms with Crippen molar-refractivity contribution in [3.8, 4) is 11.4 Å². The highest BCUT2D eigenvalue weighted by molar-refractivity contribution is 6.06. The number of para-hydroxylation sites is 2. The molecule has 0 aliphatic rings. The summed E-state index contributed by atoms with van der Waals surface area (Å²) in [6.45, 7) is 0. The van der Waals surface area contributed by atoms with Gasteiger partial charge in [-0.25, -0.2) is 9.37 Å². The minimum absolute atomic E-state index is 0.0688. The zero-order valence-corrected chi connectivity index (χ0v) is 15.4. The van der Waals surface area contributed by atoms with Gasteiger partial charge in [-0.2, -0.15) is 0 Å². The fourth-order valence-corrected chi connectivity index (χ4v) is 3.06. The van der Waals surface area contributed by atoms with Crippen molar-refractivity contribution >= 4 is 22.6 Å². The number of amides is 1. The topological polar surface area (TPSA) is 73.2 Å². The highest BCUT2D eigenvalue weighted by atomic mass is 19.1. The van der Waals surface area contributed by atoms with Gasteiger partial charge in [-0.3, -0.25) is 9.59 Å². The van der Waals surface area contributed by atoms with Crippen molar-refractivity contribution in [2.45, 2.75) is 0 Å². The Hall–Kier alpha value is -4.00. The first-order valence-electron chi connectivity index (χ1n) is 8.79. The Morgan fingerprint density at radius 1 is 1.07 bits per heavy atom. The summed E-state index contributed by atoms with van der Waals surface area (Å²) in [6, 6.07) is 15.8. The second kappa shape index (κ2) is 7.55. The van der Waals surface area contributed by atoms with E-state index in [0.29, 0.717) is 22.8 Å². The maximum absolute atomic E-state index is 13.4. The van der Waals surface area contributed by atoms with Crippen molar-refractivity contribution in [1.82, 2.24) is 9.55 Å². The fourth-order valence-electron chi connectivity index (χ4n) is 3.06. The van der Waals surface area contributed by atoms with Crippen molar-refractivity contribution in [2.24, 2.45) is 0 Å². The van der Waals surface area contributed by atoms with Crippen LogP contribution >= 0.6 is 0 Å². The van der Waals surface area contributed by atoms with E-state index in [0.717, 1.165) is 0 Å². The molecule has 0 aliphatic carbocycles. The largest absolute Gasteiger partial charge is 0.495 e. The van der Waals surface area contributed by atoms with Crippen LogP contribution in [0.3, 0.4) is 0 Å². The van der Waals surface area contributed by atoms with Gasteiger partial charge in [-0.05, 0) is 48.5 Å². The molecule has 2 aromatic carbocycles. The molecule has 2 aromatic heterocycles. The molecule has 29 heavy (non-hydrogen) atoms. The smallest absolute Gasteiger partial charge is 0.261 e. The van der Waals surface area contributed by atoms with E-state index in [2.05, 4.69) is 10.3 Å². The lowest BCUT2D eigenvalue weighted by atomic mass is 10.1. The molecule has 0 atom stereocenters. The molecule has 0 spiro atoms. The lowest BCUT2D eigenvalue weighted by molar-refractivity contribution is 0.102. The quantitative estimate of drug-likeness (QED) is 0.576. The summed E-state index contributed by atoms with van der Waals surface area (Å²) in [6.07, 6.45) is 2.96. The van der Waals surface area contributed by atoms with E-state index in [1.165, 1.54) is 25.4 Å². The number of methoxy groups -OCH3 is 1. The van der Waals surface area contributed by atoms with Crippen LogP contribution in [0.25, 0.3) is 16.7 Å². The van der Waals surface area contributed by atoms with Crippen LogP contribution in [0.15, 0.2) is 77.9 Å². The van der Waals surface area contributed by atoms with Gasteiger partial charge in [0.15, 0.2) is 0 Å². The zero-order chi connectivity index (χ0) is 20.4. The van der Waals surface area contributed by atoms with Crippen LogP contribution in [0.5, 0.6) is 5.75 Å². The maximum atomic E-state index is 13.4. The maximum Gasteiger partial charge on any atom is 0.261 e. The summed E-state index contributed by atoms with van der Waals surface area (Å²) < 4.78 is 20.2. The van der Waals surface area contributed by atoms with E-state index in [4.69, 9.17) is 4.74 Å². The highest BCUT2D eigenvalue weighted by Gasteiger charge is 2.18. The summed E-state index contributed by atoms with van der Waals surface area (Å²) in [5.41, 5.74) is 0.873. The minimum Gasteiger partial charge on any atom is -0.495 e. The number of carbonyl (C=O) groups excluding carboxylic acids is 1. The van der Waals surface area contributed by atoms with E-state index < -0.39 is 11.3 Å². The second-order valence-corrected chi connectivity index (χ2v) is 6.25. The molecule has 0 saturated carbocycles. The van der Waals surface area contributed by atoms with Gasteiger partial charge in [0.25, 0.3) is 5.91 Å². The lowest BCUT2D eigenvalue weighted by Crippen LogP contribution is -2.24. The number of fused-ring (bicyclic) bond motifs is 1. The van der Waals surface area contributed by atoms with E-state index in [1.807, 2.05) is 0 Å². The number of benzene rings is 2. The molecule has 0 radical (unpaired) electrons. The molecule has 4 aromatic rings. The molecular weight excluding hydrogens is 373 g/mol. The van der Waals surface area contributed by atoms with Crippen molar-refractivity contribution in [3.63, 3.8) is 0 Å². The standard InChI is InChI=1S/C22H16FN3O3/c1-29-19-7-3-2-6-18(19)25-22(28)17-13-26(15-10-8-14(23)9-11-15)21-16(20(17)27)5-4-12-24-21/h2-13H,1H3,(H,25,28). The Morgan fingerprint density at radius 2 is 1.83 bits per heavy atom. The molecule has 6 nitrogen and oxygen atoms in total. The molecule has 1 amide bonds. The molecule has 1 N–H and O–H groups in total. The SMILES string of the molecule is COc1ccccc1NC(=O)c1cn(-c2ccc(F)cc2)c2ncccc2c1=O. The summed E-state index contributed by atoms with van der Waals surface area (Å²) in [5, 5.41) is 3.00. The van der Waals surface area contributed by atoms with Gasteiger partial charge < -0.3 is 14.6 Å². The zero-order valence-electron chi connectivity index (χ0n) is 15.4. The van der Waals surface area contributed by atoms with Crippen LogP contribution < -0.4 is 15.5 Å². The number of pyridine rings is 2. The van der Waals surface area contributed by atoms with Crippen LogP contribution in [0.1, 0.15) is 10.4 Å². The predicted molar refractivity (Wildman–Crippen MR) is 108 cm³/mol. The number of anilines is 1. The second-order valence-electron chi connectivity index (χ2n) is 6.25. The van der Waals surface area contributed by atoms with Crippen molar-refractivity contribution < 1.29 is 13.9 Å². The van der Waals surface area contributed by atoms with Crippen LogP contribution in [-0.4, -0.2) is 22.6 Å². The molecule has 0 aliphatic heterocycles. The molecule has 0 bridgehead atoms. The Kier molecular flexibility index (Phi) is 4.78. The van der Waals surface area contributed by atoms with Gasteiger partial charge in [0.05, 0.1) is 18.2 Å². The van der Waals surface area contributed by atoms with Crippen LogP contribution in [0, 0.1) is 5.82 Å². The summed E-state index contributed by atoms with van der Waals surface area (Å²) in [4.78, 5) is 30.1. The average Bonchev–Trinajstić information content (AvgIpc) is 2.75. The molecular formula is C22H16FN3O3. The monoisotopic (exact) mass is 389 g/mol. The Labute approximate surface area is 165 Å². The van der Waals surface area contributed by atoms with Gasteiger partial charge in [0.2, 0.25) is 5.43 Å². The van der Waals surface area contributed by atoms with Gasteiger partial charge >= 0.3 is 0 Å². The van der Waals surface area contributed by atoms with Gasteiger partial charge in [0, 0.05) is 18.1 Å². The van der Waals surface area contributed by atoms with Gasteiger partial charge in [-0.15, -0.1) is 0 Å². The minimum atomic E-state index is -0.582. The highest BCUT2D eigenvalue weighted by Crippen LogP contribution is 2.24. The molecule has 7 heteroatoms. The first-order chi connectivity index (χ1) is 14.1. The number of rotatable bonds is 4. The Bertz CT molecular complexity index is 1270. The first-order valence-corrected chi connectivity index (χ1v) is 8.79. The number of nitrogens with one attached hydrogen (secondary N) is 1. The van der Waals surface area contributed by atoms with Crippen LogP contribution in [0.2, 0.25) is 0 Å². The summed E-state index contributed by atoms with van der Waals surface area (Å²) >= 11 is 0. The van der Waals surface area contributed by atoms with Crippen molar-refractivity contribution in [1.29, 1.82) is 0 Å². The Balaban J connectivity index is 1.86. The van der Waals surface area contributed by atoms with Crippen LogP contribution in [0.4, 0.5) is 10.1 Å². The van der Waals surface area contributed by atoms with Crippen LogP contribution in [-0.2, 0) is 0 Å². The molecule has 0 unspecified atom stereocenters. The molecule has 2 heterocycles. The normalized spacial score (nSPS) is 10.7. The third kappa shape index (κ3) is 3.45. The summed E-state index contributed by atoms with van der Waals surface area (Å²) in [7, 11) is 1.49. The number of aromatic nitrogens is 2.